The van der Waals surface area contributed by atoms with Gasteiger partial charge in [0.05, 0.1) is 22.6 Å². The summed E-state index contributed by atoms with van der Waals surface area (Å²) in [6, 6.07) is 10.2. The normalized spacial score (nSPS) is 23.7. The predicted octanol–water partition coefficient (Wildman–Crippen LogP) is 5.07. The van der Waals surface area contributed by atoms with Crippen molar-refractivity contribution in [2.45, 2.75) is 25.7 Å². The molecule has 3 aromatic heterocycles. The van der Waals surface area contributed by atoms with Gasteiger partial charge in [0, 0.05) is 11.9 Å². The molecule has 1 aliphatic carbocycles. The molecule has 0 amide bonds. The molecule has 5 rings (SSSR count). The number of fused-ring (bicyclic) bond motifs is 2. The zero-order chi connectivity index (χ0) is 17.5. The average molecular weight is 440 g/mol. The summed E-state index contributed by atoms with van der Waals surface area (Å²) < 4.78 is 2.02. The first-order valence-corrected chi connectivity index (χ1v) is 9.95. The molecule has 3 atom stereocenters. The number of pyridine rings is 2. The van der Waals surface area contributed by atoms with Crippen LogP contribution >= 0.6 is 36.4 Å². The van der Waals surface area contributed by atoms with Gasteiger partial charge in [0.25, 0.3) is 0 Å². The molecule has 3 aromatic rings. The Kier molecular flexibility index (Phi) is 6.87. The molecule has 7 heteroatoms. The highest BCUT2D eigenvalue weighted by Crippen LogP contribution is 2.38. The Labute approximate surface area is 182 Å². The maximum absolute atomic E-state index is 6.17. The van der Waals surface area contributed by atoms with E-state index in [0.717, 1.165) is 41.2 Å². The van der Waals surface area contributed by atoms with Gasteiger partial charge in [-0.15, -0.1) is 24.8 Å². The Morgan fingerprint density at radius 1 is 1.11 bits per heavy atom. The van der Waals surface area contributed by atoms with Gasteiger partial charge in [-0.1, -0.05) is 24.1 Å². The Balaban J connectivity index is 0.00000112. The summed E-state index contributed by atoms with van der Waals surface area (Å²) in [5, 5.41) is 4.30. The first kappa shape index (κ1) is 21.4. The number of rotatable bonds is 3. The van der Waals surface area contributed by atoms with Crippen molar-refractivity contribution in [2.75, 3.05) is 13.1 Å². The molecule has 4 heterocycles. The summed E-state index contributed by atoms with van der Waals surface area (Å²) in [5.41, 5.74) is 4.04. The highest BCUT2D eigenvalue weighted by atomic mass is 35.5. The molecule has 2 fully saturated rings. The SMILES string of the molecule is Cl.Cl.Clc1ccc2ncc(-c3cccc(CC4CCC[C@H]5CNC[C@@H]45)n3)n2c1. The zero-order valence-electron chi connectivity index (χ0n) is 15.6. The minimum atomic E-state index is 0. The molecule has 0 spiro atoms. The van der Waals surface area contributed by atoms with Crippen LogP contribution in [0.3, 0.4) is 0 Å². The quantitative estimate of drug-likeness (QED) is 0.619. The highest BCUT2D eigenvalue weighted by molar-refractivity contribution is 6.30. The number of imidazole rings is 1. The molecule has 0 aromatic carbocycles. The van der Waals surface area contributed by atoms with E-state index < -0.39 is 0 Å². The third-order valence-electron chi connectivity index (χ3n) is 6.16. The van der Waals surface area contributed by atoms with Crippen LogP contribution in [0.2, 0.25) is 5.02 Å². The molecule has 1 saturated carbocycles. The highest BCUT2D eigenvalue weighted by Gasteiger charge is 2.36. The second-order valence-corrected chi connectivity index (χ2v) is 8.15. The lowest BCUT2D eigenvalue weighted by Crippen LogP contribution is -2.28. The van der Waals surface area contributed by atoms with Crippen LogP contribution in [-0.4, -0.2) is 27.5 Å². The predicted molar refractivity (Wildman–Crippen MR) is 119 cm³/mol. The van der Waals surface area contributed by atoms with Crippen molar-refractivity contribution in [3.05, 3.63) is 53.4 Å². The van der Waals surface area contributed by atoms with Crippen LogP contribution in [0.1, 0.15) is 25.0 Å². The Morgan fingerprint density at radius 3 is 2.89 bits per heavy atom. The number of hydrogen-bond acceptors (Lipinski definition) is 3. The lowest BCUT2D eigenvalue weighted by Gasteiger charge is -2.33. The third kappa shape index (κ3) is 4.02. The van der Waals surface area contributed by atoms with Gasteiger partial charge < -0.3 is 5.32 Å². The van der Waals surface area contributed by atoms with Gasteiger partial charge in [-0.25, -0.2) is 4.98 Å². The molecule has 0 bridgehead atoms. The molecule has 28 heavy (non-hydrogen) atoms. The van der Waals surface area contributed by atoms with E-state index in [1.54, 1.807) is 0 Å². The molecular formula is C21H25Cl3N4. The maximum atomic E-state index is 6.17. The van der Waals surface area contributed by atoms with Crippen LogP contribution in [-0.2, 0) is 6.42 Å². The number of hydrogen-bond donors (Lipinski definition) is 1. The summed E-state index contributed by atoms with van der Waals surface area (Å²) in [6.07, 6.45) is 8.95. The van der Waals surface area contributed by atoms with Crippen molar-refractivity contribution >= 4 is 42.1 Å². The van der Waals surface area contributed by atoms with Crippen LogP contribution in [0, 0.1) is 17.8 Å². The van der Waals surface area contributed by atoms with Crippen molar-refractivity contribution in [1.82, 2.24) is 19.7 Å². The number of nitrogens with one attached hydrogen (secondary N) is 1. The fraction of sp³-hybridized carbons (Fsp3) is 0.429. The monoisotopic (exact) mass is 438 g/mol. The first-order valence-electron chi connectivity index (χ1n) is 9.57. The molecule has 1 saturated heterocycles. The van der Waals surface area contributed by atoms with Crippen molar-refractivity contribution < 1.29 is 0 Å². The van der Waals surface area contributed by atoms with Gasteiger partial charge in [-0.05, 0) is 74.4 Å². The van der Waals surface area contributed by atoms with Gasteiger partial charge in [-0.3, -0.25) is 9.38 Å². The number of nitrogens with zero attached hydrogens (tertiary/aromatic N) is 3. The fourth-order valence-corrected chi connectivity index (χ4v) is 5.04. The molecule has 1 aliphatic heterocycles. The van der Waals surface area contributed by atoms with E-state index in [2.05, 4.69) is 28.5 Å². The smallest absolute Gasteiger partial charge is 0.137 e. The van der Waals surface area contributed by atoms with E-state index >= 15 is 0 Å². The molecule has 2 aliphatic rings. The Hall–Kier alpha value is -1.33. The maximum Gasteiger partial charge on any atom is 0.137 e. The van der Waals surface area contributed by atoms with E-state index in [1.807, 2.05) is 28.9 Å². The largest absolute Gasteiger partial charge is 0.316 e. The average Bonchev–Trinajstić information content (AvgIpc) is 3.29. The molecule has 0 radical (unpaired) electrons. The first-order chi connectivity index (χ1) is 12.8. The topological polar surface area (TPSA) is 42.2 Å². The summed E-state index contributed by atoms with van der Waals surface area (Å²) in [7, 11) is 0. The minimum Gasteiger partial charge on any atom is -0.316 e. The Morgan fingerprint density at radius 2 is 2.00 bits per heavy atom. The van der Waals surface area contributed by atoms with Gasteiger partial charge in [0.1, 0.15) is 5.65 Å². The summed E-state index contributed by atoms with van der Waals surface area (Å²) in [5.74, 6) is 2.45. The second-order valence-electron chi connectivity index (χ2n) is 7.71. The van der Waals surface area contributed by atoms with Crippen molar-refractivity contribution in [3.63, 3.8) is 0 Å². The fourth-order valence-electron chi connectivity index (χ4n) is 4.88. The van der Waals surface area contributed by atoms with Crippen molar-refractivity contribution in [3.8, 4) is 11.4 Å². The molecular weight excluding hydrogens is 415 g/mol. The summed E-state index contributed by atoms with van der Waals surface area (Å²) in [4.78, 5) is 9.46. The second kappa shape index (κ2) is 9.00. The van der Waals surface area contributed by atoms with Crippen molar-refractivity contribution in [2.24, 2.45) is 17.8 Å². The molecule has 1 N–H and O–H groups in total. The van der Waals surface area contributed by atoms with Crippen LogP contribution in [0.4, 0.5) is 0 Å². The van der Waals surface area contributed by atoms with Crippen LogP contribution < -0.4 is 5.32 Å². The van der Waals surface area contributed by atoms with Gasteiger partial charge in [0.2, 0.25) is 0 Å². The lowest BCUT2D eigenvalue weighted by atomic mass is 9.72. The summed E-state index contributed by atoms with van der Waals surface area (Å²) >= 11 is 6.17. The zero-order valence-corrected chi connectivity index (χ0v) is 17.9. The molecule has 4 nitrogen and oxygen atoms in total. The standard InChI is InChI=1S/C21H23ClN4.2ClH/c22-16-7-8-21-24-12-20(26(21)13-16)19-6-2-5-17(25-19)9-14-3-1-4-15-10-23-11-18(14)15;;/h2,5-8,12-15,18,23H,1,3-4,9-11H2;2*1H/t14?,15-,18-;;/m0../s1. The van der Waals surface area contributed by atoms with Crippen LogP contribution in [0.5, 0.6) is 0 Å². The minimum absolute atomic E-state index is 0. The van der Waals surface area contributed by atoms with Crippen LogP contribution in [0.15, 0.2) is 42.7 Å². The van der Waals surface area contributed by atoms with Gasteiger partial charge >= 0.3 is 0 Å². The number of aromatic nitrogens is 3. The van der Waals surface area contributed by atoms with E-state index in [1.165, 1.54) is 38.0 Å². The third-order valence-corrected chi connectivity index (χ3v) is 6.38. The molecule has 150 valence electrons. The van der Waals surface area contributed by atoms with Crippen LogP contribution in [0.25, 0.3) is 17.0 Å². The van der Waals surface area contributed by atoms with Crippen molar-refractivity contribution in [1.29, 1.82) is 0 Å². The lowest BCUT2D eigenvalue weighted by molar-refractivity contribution is 0.197. The summed E-state index contributed by atoms with van der Waals surface area (Å²) in [6.45, 7) is 2.39. The van der Waals surface area contributed by atoms with E-state index in [4.69, 9.17) is 16.6 Å². The van der Waals surface area contributed by atoms with Gasteiger partial charge in [0.15, 0.2) is 0 Å². The van der Waals surface area contributed by atoms with Gasteiger partial charge in [-0.2, -0.15) is 0 Å². The van der Waals surface area contributed by atoms with E-state index in [9.17, 15) is 0 Å². The molecule has 1 unspecified atom stereocenters. The Bertz CT molecular complexity index is 942. The van der Waals surface area contributed by atoms with E-state index in [0.29, 0.717) is 5.02 Å². The van der Waals surface area contributed by atoms with E-state index in [-0.39, 0.29) is 24.8 Å². The number of halogens is 3.